The van der Waals surface area contributed by atoms with Gasteiger partial charge in [0.1, 0.15) is 5.60 Å². The van der Waals surface area contributed by atoms with Crippen molar-refractivity contribution in [2.24, 2.45) is 5.41 Å². The van der Waals surface area contributed by atoms with E-state index in [1.54, 1.807) is 25.2 Å². The lowest BCUT2D eigenvalue weighted by atomic mass is 9.70. The molecule has 0 bridgehead atoms. The van der Waals surface area contributed by atoms with Crippen molar-refractivity contribution in [3.63, 3.8) is 0 Å². The molecule has 8 heteroatoms. The van der Waals surface area contributed by atoms with Crippen molar-refractivity contribution in [3.05, 3.63) is 58.5 Å². The summed E-state index contributed by atoms with van der Waals surface area (Å²) in [7, 11) is 3.32. The van der Waals surface area contributed by atoms with Gasteiger partial charge in [0.2, 0.25) is 0 Å². The number of benzene rings is 1. The molecule has 0 saturated carbocycles. The normalized spacial score (nSPS) is 19.8. The minimum atomic E-state index is -1.28. The highest BCUT2D eigenvalue weighted by Gasteiger charge is 2.49. The molecule has 2 heterocycles. The summed E-state index contributed by atoms with van der Waals surface area (Å²) in [6.07, 6.45) is 1.39. The molecule has 1 aromatic heterocycles. The molecule has 1 unspecified atom stereocenters. The summed E-state index contributed by atoms with van der Waals surface area (Å²) in [5, 5.41) is 11.7. The first-order valence-corrected chi connectivity index (χ1v) is 11.9. The second-order valence-corrected chi connectivity index (χ2v) is 11.2. The Morgan fingerprint density at radius 2 is 1.77 bits per heavy atom. The fourth-order valence-electron chi connectivity index (χ4n) is 4.38. The first-order valence-electron chi connectivity index (χ1n) is 11.9. The summed E-state index contributed by atoms with van der Waals surface area (Å²) < 4.78 is 6.91. The van der Waals surface area contributed by atoms with Crippen molar-refractivity contribution in [3.8, 4) is 11.1 Å². The number of ether oxygens (including phenoxy) is 1. The molecular weight excluding hydrogens is 446 g/mol. The van der Waals surface area contributed by atoms with E-state index >= 15 is 0 Å². The number of likely N-dealkylation sites (tertiary alicyclic amines) is 1. The SMILES string of the molecule is CN(C)C(=O)c1cn(CC2(O)CCN(C(=O)OC(C)(C)C)CC2(C)C)c(=O)cc1-c1ccccc1. The number of aliphatic hydroxyl groups is 1. The number of carbonyl (C=O) groups excluding carboxylic acids is 2. The summed E-state index contributed by atoms with van der Waals surface area (Å²) in [4.78, 5) is 41.9. The van der Waals surface area contributed by atoms with Gasteiger partial charge in [-0.25, -0.2) is 4.79 Å². The van der Waals surface area contributed by atoms with E-state index in [1.807, 2.05) is 65.0 Å². The number of piperidine rings is 1. The highest BCUT2D eigenvalue weighted by Crippen LogP contribution is 2.40. The molecule has 8 nitrogen and oxygen atoms in total. The van der Waals surface area contributed by atoms with Gasteiger partial charge in [0, 0.05) is 50.4 Å². The number of pyridine rings is 1. The largest absolute Gasteiger partial charge is 0.444 e. The van der Waals surface area contributed by atoms with E-state index in [2.05, 4.69) is 0 Å². The van der Waals surface area contributed by atoms with E-state index in [0.717, 1.165) is 5.56 Å². The maximum Gasteiger partial charge on any atom is 0.410 e. The molecule has 1 atom stereocenters. The van der Waals surface area contributed by atoms with Crippen molar-refractivity contribution < 1.29 is 19.4 Å². The zero-order chi connectivity index (χ0) is 26.2. The van der Waals surface area contributed by atoms with Crippen molar-refractivity contribution >= 4 is 12.0 Å². The van der Waals surface area contributed by atoms with Gasteiger partial charge in [-0.3, -0.25) is 9.59 Å². The van der Waals surface area contributed by atoms with E-state index < -0.39 is 22.7 Å². The highest BCUT2D eigenvalue weighted by atomic mass is 16.6. The van der Waals surface area contributed by atoms with Crippen LogP contribution in [-0.2, 0) is 11.3 Å². The molecule has 1 aliphatic heterocycles. The fourth-order valence-corrected chi connectivity index (χ4v) is 4.38. The van der Waals surface area contributed by atoms with Gasteiger partial charge in [0.05, 0.1) is 17.7 Å². The van der Waals surface area contributed by atoms with Gasteiger partial charge in [0.25, 0.3) is 11.5 Å². The third-order valence-electron chi connectivity index (χ3n) is 6.57. The number of hydrogen-bond acceptors (Lipinski definition) is 5. The smallest absolute Gasteiger partial charge is 0.410 e. The van der Waals surface area contributed by atoms with Gasteiger partial charge in [-0.05, 0) is 32.8 Å². The van der Waals surface area contributed by atoms with Crippen LogP contribution in [0.15, 0.2) is 47.4 Å². The number of amides is 2. The summed E-state index contributed by atoms with van der Waals surface area (Å²) in [6.45, 7) is 9.77. The van der Waals surface area contributed by atoms with E-state index in [4.69, 9.17) is 4.74 Å². The summed E-state index contributed by atoms with van der Waals surface area (Å²) in [5.74, 6) is -0.233. The zero-order valence-electron chi connectivity index (χ0n) is 21.8. The number of carbonyl (C=O) groups is 2. The topological polar surface area (TPSA) is 92.1 Å². The molecule has 1 aliphatic rings. The molecule has 1 fully saturated rings. The van der Waals surface area contributed by atoms with Crippen LogP contribution in [0.4, 0.5) is 4.79 Å². The Hall–Kier alpha value is -3.13. The van der Waals surface area contributed by atoms with Gasteiger partial charge in [-0.1, -0.05) is 44.2 Å². The predicted molar refractivity (Wildman–Crippen MR) is 135 cm³/mol. The molecule has 1 saturated heterocycles. The summed E-state index contributed by atoms with van der Waals surface area (Å²) in [5.41, 5.74) is -1.22. The van der Waals surface area contributed by atoms with Crippen molar-refractivity contribution in [1.29, 1.82) is 0 Å². The minimum absolute atomic E-state index is 0.00374. The van der Waals surface area contributed by atoms with Gasteiger partial charge in [0.15, 0.2) is 0 Å². The number of hydrogen-bond donors (Lipinski definition) is 1. The highest BCUT2D eigenvalue weighted by molar-refractivity contribution is 6.00. The van der Waals surface area contributed by atoms with Crippen LogP contribution in [0.25, 0.3) is 11.1 Å². The van der Waals surface area contributed by atoms with Crippen molar-refractivity contribution in [2.75, 3.05) is 27.2 Å². The van der Waals surface area contributed by atoms with Crippen LogP contribution in [-0.4, -0.2) is 69.9 Å². The van der Waals surface area contributed by atoms with Crippen LogP contribution in [0, 0.1) is 5.41 Å². The van der Waals surface area contributed by atoms with Crippen LogP contribution < -0.4 is 5.56 Å². The lowest BCUT2D eigenvalue weighted by Crippen LogP contribution is -2.61. The van der Waals surface area contributed by atoms with Crippen molar-refractivity contribution in [2.45, 2.75) is 58.8 Å². The lowest BCUT2D eigenvalue weighted by Gasteiger charge is -2.50. The molecule has 0 spiro atoms. The molecule has 1 aromatic carbocycles. The molecule has 0 aliphatic carbocycles. The Kier molecular flexibility index (Phi) is 7.18. The van der Waals surface area contributed by atoms with E-state index in [-0.39, 0.29) is 31.0 Å². The second kappa shape index (κ2) is 9.49. The fraction of sp³-hybridized carbons (Fsp3) is 0.519. The summed E-state index contributed by atoms with van der Waals surface area (Å²) in [6, 6.07) is 10.8. The number of nitrogens with zero attached hydrogens (tertiary/aromatic N) is 3. The maximum absolute atomic E-state index is 13.2. The van der Waals surface area contributed by atoms with Gasteiger partial charge >= 0.3 is 6.09 Å². The average Bonchev–Trinajstić information content (AvgIpc) is 2.75. The van der Waals surface area contributed by atoms with Crippen LogP contribution >= 0.6 is 0 Å². The molecule has 2 amide bonds. The molecule has 2 aromatic rings. The second-order valence-electron chi connectivity index (χ2n) is 11.2. The third-order valence-corrected chi connectivity index (χ3v) is 6.57. The Labute approximate surface area is 207 Å². The molecule has 190 valence electrons. The van der Waals surface area contributed by atoms with Crippen molar-refractivity contribution in [1.82, 2.24) is 14.4 Å². The summed E-state index contributed by atoms with van der Waals surface area (Å²) >= 11 is 0. The van der Waals surface area contributed by atoms with Gasteiger partial charge < -0.3 is 24.2 Å². The van der Waals surface area contributed by atoms with Crippen LogP contribution in [0.3, 0.4) is 0 Å². The number of rotatable bonds is 4. The maximum atomic E-state index is 13.2. The molecule has 0 radical (unpaired) electrons. The quantitative estimate of drug-likeness (QED) is 0.717. The number of aromatic nitrogens is 1. The first kappa shape index (κ1) is 26.5. The minimum Gasteiger partial charge on any atom is -0.444 e. The van der Waals surface area contributed by atoms with E-state index in [1.165, 1.54) is 15.5 Å². The standard InChI is InChI=1S/C27H37N3O5/c1-25(2,3)35-24(33)29-14-13-27(34,26(4,5)17-29)18-30-16-21(23(32)28(6)7)20(15-22(30)31)19-11-9-8-10-12-19/h8-12,15-16,34H,13-14,17-18H2,1-7H3. The van der Waals surface area contributed by atoms with E-state index in [9.17, 15) is 19.5 Å². The Bertz CT molecular complexity index is 1150. The van der Waals surface area contributed by atoms with Crippen LogP contribution in [0.2, 0.25) is 0 Å². The Morgan fingerprint density at radius 1 is 1.14 bits per heavy atom. The zero-order valence-corrected chi connectivity index (χ0v) is 21.8. The van der Waals surface area contributed by atoms with E-state index in [0.29, 0.717) is 17.7 Å². The Morgan fingerprint density at radius 3 is 2.31 bits per heavy atom. The Balaban J connectivity index is 1.95. The lowest BCUT2D eigenvalue weighted by molar-refractivity contribution is -0.126. The monoisotopic (exact) mass is 483 g/mol. The van der Waals surface area contributed by atoms with Crippen LogP contribution in [0.5, 0.6) is 0 Å². The molecule has 3 rings (SSSR count). The third kappa shape index (κ3) is 5.75. The van der Waals surface area contributed by atoms with Gasteiger partial charge in [-0.2, -0.15) is 0 Å². The molecular formula is C27H37N3O5. The average molecular weight is 484 g/mol. The first-order chi connectivity index (χ1) is 16.1. The molecule has 35 heavy (non-hydrogen) atoms. The molecule has 1 N–H and O–H groups in total. The van der Waals surface area contributed by atoms with Crippen LogP contribution in [0.1, 0.15) is 51.4 Å². The van der Waals surface area contributed by atoms with Gasteiger partial charge in [-0.15, -0.1) is 0 Å². The predicted octanol–water partition coefficient (Wildman–Crippen LogP) is 3.62.